The quantitative estimate of drug-likeness (QED) is 0.247. The summed E-state index contributed by atoms with van der Waals surface area (Å²) in [5.41, 5.74) is 0.393. The van der Waals surface area contributed by atoms with Gasteiger partial charge in [-0.25, -0.2) is 0 Å². The van der Waals surface area contributed by atoms with Crippen molar-refractivity contribution in [1.29, 1.82) is 0 Å². The van der Waals surface area contributed by atoms with Gasteiger partial charge in [0.2, 0.25) is 5.79 Å². The van der Waals surface area contributed by atoms with Gasteiger partial charge in [-0.1, -0.05) is 19.0 Å². The van der Waals surface area contributed by atoms with Crippen LogP contribution in [0.15, 0.2) is 5.16 Å². The van der Waals surface area contributed by atoms with E-state index >= 15 is 0 Å². The van der Waals surface area contributed by atoms with Crippen LogP contribution < -0.4 is 0 Å². The summed E-state index contributed by atoms with van der Waals surface area (Å²) < 4.78 is 10.5. The van der Waals surface area contributed by atoms with Gasteiger partial charge in [0.1, 0.15) is 5.71 Å². The molecule has 4 nitrogen and oxygen atoms in total. The van der Waals surface area contributed by atoms with Gasteiger partial charge >= 0.3 is 0 Å². The molecule has 0 spiro atoms. The predicted molar refractivity (Wildman–Crippen MR) is 56.2 cm³/mol. The molecule has 0 fully saturated rings. The molecule has 0 aliphatic carbocycles. The third-order valence-electron chi connectivity index (χ3n) is 2.24. The summed E-state index contributed by atoms with van der Waals surface area (Å²) >= 11 is 6.10. The Morgan fingerprint density at radius 1 is 1.43 bits per heavy atom. The summed E-state index contributed by atoms with van der Waals surface area (Å²) in [6.45, 7) is 3.76. The van der Waals surface area contributed by atoms with Crippen LogP contribution in [0.4, 0.5) is 0 Å². The number of halogens is 1. The Morgan fingerprint density at radius 2 is 1.93 bits per heavy atom. The van der Waals surface area contributed by atoms with Gasteiger partial charge in [0.05, 0.1) is 5.38 Å². The van der Waals surface area contributed by atoms with Crippen molar-refractivity contribution < 1.29 is 14.7 Å². The van der Waals surface area contributed by atoms with E-state index < -0.39 is 5.79 Å². The molecular weight excluding hydrogens is 206 g/mol. The smallest absolute Gasteiger partial charge is 0.228 e. The number of hydrogen-bond donors (Lipinski definition) is 1. The second kappa shape index (κ2) is 6.22. The van der Waals surface area contributed by atoms with Crippen molar-refractivity contribution in [3.8, 4) is 0 Å². The Hall–Kier alpha value is -0.320. The maximum atomic E-state index is 8.84. The van der Waals surface area contributed by atoms with Gasteiger partial charge in [0.25, 0.3) is 0 Å². The molecule has 1 N–H and O–H groups in total. The summed E-state index contributed by atoms with van der Waals surface area (Å²) in [6.07, 6.45) is 1.17. The highest BCUT2D eigenvalue weighted by atomic mass is 35.5. The molecule has 0 saturated heterocycles. The van der Waals surface area contributed by atoms with Gasteiger partial charge in [-0.05, 0) is 12.8 Å². The largest absolute Gasteiger partial charge is 0.411 e. The molecule has 0 aliphatic heterocycles. The number of alkyl halides is 1. The highest BCUT2D eigenvalue weighted by molar-refractivity contribution is 6.23. The molecule has 14 heavy (non-hydrogen) atoms. The van der Waals surface area contributed by atoms with Crippen LogP contribution in [0.1, 0.15) is 26.7 Å². The first-order valence-electron chi connectivity index (χ1n) is 4.58. The maximum Gasteiger partial charge on any atom is 0.228 e. The van der Waals surface area contributed by atoms with Gasteiger partial charge in [0, 0.05) is 14.2 Å². The molecule has 0 heterocycles. The summed E-state index contributed by atoms with van der Waals surface area (Å²) in [5, 5.41) is 11.6. The molecule has 1 atom stereocenters. The monoisotopic (exact) mass is 223 g/mol. The van der Waals surface area contributed by atoms with Crippen LogP contribution in [0.2, 0.25) is 0 Å². The molecule has 0 saturated carbocycles. The lowest BCUT2D eigenvalue weighted by Gasteiger charge is -2.34. The van der Waals surface area contributed by atoms with Crippen molar-refractivity contribution in [3.63, 3.8) is 0 Å². The third-order valence-corrected chi connectivity index (χ3v) is 2.83. The molecule has 0 radical (unpaired) electrons. The first-order chi connectivity index (χ1) is 6.62. The van der Waals surface area contributed by atoms with Crippen molar-refractivity contribution in [2.45, 2.75) is 37.9 Å². The van der Waals surface area contributed by atoms with E-state index in [1.807, 2.05) is 13.8 Å². The van der Waals surface area contributed by atoms with Crippen LogP contribution in [0.3, 0.4) is 0 Å². The molecular formula is C9H18ClNO3. The normalized spacial score (nSPS) is 15.6. The number of nitrogens with zero attached hydrogens (tertiary/aromatic N) is 1. The summed E-state index contributed by atoms with van der Waals surface area (Å²) in [6, 6.07) is 0. The van der Waals surface area contributed by atoms with E-state index in [2.05, 4.69) is 5.16 Å². The van der Waals surface area contributed by atoms with E-state index in [-0.39, 0.29) is 5.38 Å². The van der Waals surface area contributed by atoms with Crippen LogP contribution in [0.5, 0.6) is 0 Å². The molecule has 5 heteroatoms. The Labute approximate surface area is 89.8 Å². The van der Waals surface area contributed by atoms with Crippen LogP contribution in [-0.4, -0.2) is 36.3 Å². The van der Waals surface area contributed by atoms with Crippen molar-refractivity contribution in [2.75, 3.05) is 14.2 Å². The van der Waals surface area contributed by atoms with E-state index in [9.17, 15) is 0 Å². The minimum Gasteiger partial charge on any atom is -0.411 e. The Morgan fingerprint density at radius 3 is 2.14 bits per heavy atom. The first kappa shape index (κ1) is 13.7. The lowest BCUT2D eigenvalue weighted by atomic mass is 10.0. The predicted octanol–water partition coefficient (Wildman–Crippen LogP) is 2.23. The second-order valence-corrected chi connectivity index (χ2v) is 3.38. The molecule has 0 amide bonds. The van der Waals surface area contributed by atoms with Crippen molar-refractivity contribution >= 4 is 17.3 Å². The van der Waals surface area contributed by atoms with Gasteiger partial charge in [0.15, 0.2) is 0 Å². The van der Waals surface area contributed by atoms with E-state index in [0.29, 0.717) is 18.6 Å². The average Bonchev–Trinajstić information content (AvgIpc) is 2.25. The average molecular weight is 224 g/mol. The highest BCUT2D eigenvalue weighted by Gasteiger charge is 2.42. The van der Waals surface area contributed by atoms with Crippen molar-refractivity contribution in [3.05, 3.63) is 0 Å². The molecule has 84 valence electrons. The first-order valence-corrected chi connectivity index (χ1v) is 5.02. The molecule has 0 aromatic carbocycles. The van der Waals surface area contributed by atoms with Gasteiger partial charge in [-0.2, -0.15) is 0 Å². The van der Waals surface area contributed by atoms with E-state index in [1.165, 1.54) is 14.2 Å². The van der Waals surface area contributed by atoms with Crippen molar-refractivity contribution in [2.24, 2.45) is 5.16 Å². The van der Waals surface area contributed by atoms with Crippen LogP contribution in [0.25, 0.3) is 0 Å². The van der Waals surface area contributed by atoms with E-state index in [0.717, 1.165) is 0 Å². The summed E-state index contributed by atoms with van der Waals surface area (Å²) in [7, 11) is 2.96. The second-order valence-electron chi connectivity index (χ2n) is 2.85. The molecule has 0 rings (SSSR count). The fraction of sp³-hybridized carbons (Fsp3) is 0.889. The molecule has 0 aromatic rings. The highest BCUT2D eigenvalue weighted by Crippen LogP contribution is 2.27. The minimum atomic E-state index is -1.13. The fourth-order valence-corrected chi connectivity index (χ4v) is 1.72. The molecule has 0 bridgehead atoms. The summed E-state index contributed by atoms with van der Waals surface area (Å²) in [5.74, 6) is -1.13. The third kappa shape index (κ3) is 2.38. The van der Waals surface area contributed by atoms with E-state index in [1.54, 1.807) is 0 Å². The summed E-state index contributed by atoms with van der Waals surface area (Å²) in [4.78, 5) is 0. The Bertz CT molecular complexity index is 192. The SMILES string of the molecule is CC/C(=N\O)C(OC)(OC)C(Cl)CC. The zero-order chi connectivity index (χ0) is 11.2. The maximum absolute atomic E-state index is 8.84. The van der Waals surface area contributed by atoms with Crippen LogP contribution in [-0.2, 0) is 9.47 Å². The fourth-order valence-electron chi connectivity index (χ4n) is 1.41. The van der Waals surface area contributed by atoms with Crippen molar-refractivity contribution in [1.82, 2.24) is 0 Å². The minimum absolute atomic E-state index is 0.386. The van der Waals surface area contributed by atoms with Crippen LogP contribution >= 0.6 is 11.6 Å². The molecule has 0 aliphatic rings. The topological polar surface area (TPSA) is 51.1 Å². The number of ether oxygens (including phenoxy) is 2. The molecule has 1 unspecified atom stereocenters. The molecule has 0 aromatic heterocycles. The van der Waals surface area contributed by atoms with E-state index in [4.69, 9.17) is 26.3 Å². The zero-order valence-corrected chi connectivity index (χ0v) is 9.84. The number of oxime groups is 1. The Balaban J connectivity index is 5.04. The Kier molecular flexibility index (Phi) is 6.08. The van der Waals surface area contributed by atoms with Gasteiger partial charge in [-0.3, -0.25) is 0 Å². The standard InChI is InChI=1S/C9H18ClNO3/c1-5-7(10)9(13-3,14-4)8(6-2)11-12/h7,12H,5-6H2,1-4H3/b11-8+. The number of methoxy groups -OCH3 is 2. The lowest BCUT2D eigenvalue weighted by Crippen LogP contribution is -2.50. The zero-order valence-electron chi connectivity index (χ0n) is 9.08. The van der Waals surface area contributed by atoms with Gasteiger partial charge in [-0.15, -0.1) is 11.6 Å². The van der Waals surface area contributed by atoms with Gasteiger partial charge < -0.3 is 14.7 Å². The number of hydrogen-bond acceptors (Lipinski definition) is 4. The van der Waals surface area contributed by atoms with Crippen LogP contribution in [0, 0.1) is 0 Å². The lowest BCUT2D eigenvalue weighted by molar-refractivity contribution is -0.157. The number of rotatable bonds is 6.